The van der Waals surface area contributed by atoms with Gasteiger partial charge >= 0.3 is 0 Å². The first-order chi connectivity index (χ1) is 9.63. The minimum atomic E-state index is 0.298. The number of nitrogens with zero attached hydrogens (tertiary/aromatic N) is 3. The summed E-state index contributed by atoms with van der Waals surface area (Å²) in [7, 11) is 0. The summed E-state index contributed by atoms with van der Waals surface area (Å²) in [6.45, 7) is 2.96. The summed E-state index contributed by atoms with van der Waals surface area (Å²) in [5.41, 5.74) is 9.10. The van der Waals surface area contributed by atoms with E-state index in [-0.39, 0.29) is 0 Å². The Morgan fingerprint density at radius 3 is 2.80 bits per heavy atom. The minimum absolute atomic E-state index is 0.298. The quantitative estimate of drug-likeness (QED) is 0.941. The summed E-state index contributed by atoms with van der Waals surface area (Å²) in [6, 6.07) is 2.06. The van der Waals surface area contributed by atoms with E-state index in [4.69, 9.17) is 5.73 Å². The van der Waals surface area contributed by atoms with Gasteiger partial charge in [-0.05, 0) is 37.7 Å². The maximum absolute atomic E-state index is 6.14. The summed E-state index contributed by atoms with van der Waals surface area (Å²) in [4.78, 5) is 9.02. The smallest absolute Gasteiger partial charge is 0.202 e. The number of fused-ring (bicyclic) bond motifs is 1. The van der Waals surface area contributed by atoms with Gasteiger partial charge in [0, 0.05) is 17.5 Å². The molecule has 0 unspecified atom stereocenters. The van der Waals surface area contributed by atoms with Gasteiger partial charge in [0.25, 0.3) is 0 Å². The molecule has 1 aliphatic rings. The van der Waals surface area contributed by atoms with Gasteiger partial charge in [-0.25, -0.2) is 9.97 Å². The van der Waals surface area contributed by atoms with E-state index in [1.807, 2.05) is 24.9 Å². The van der Waals surface area contributed by atoms with Crippen molar-refractivity contribution in [3.8, 4) is 0 Å². The van der Waals surface area contributed by atoms with Crippen LogP contribution in [0.3, 0.4) is 0 Å². The molecule has 0 atom stereocenters. The van der Waals surface area contributed by atoms with E-state index >= 15 is 0 Å². The second-order valence-electron chi connectivity index (χ2n) is 5.86. The molecule has 2 heterocycles. The van der Waals surface area contributed by atoms with Crippen LogP contribution in [0.1, 0.15) is 37.7 Å². The van der Waals surface area contributed by atoms with E-state index in [0.29, 0.717) is 10.7 Å². The Morgan fingerprint density at radius 2 is 2.10 bits per heavy atom. The molecule has 4 nitrogen and oxygen atoms in total. The van der Waals surface area contributed by atoms with Crippen molar-refractivity contribution in [2.24, 2.45) is 0 Å². The zero-order chi connectivity index (χ0) is 14.2. The highest BCUT2D eigenvalue weighted by Crippen LogP contribution is 2.40. The van der Waals surface area contributed by atoms with E-state index in [1.54, 1.807) is 0 Å². The molecule has 1 aliphatic carbocycles. The van der Waals surface area contributed by atoms with Gasteiger partial charge in [-0.3, -0.25) is 4.57 Å². The van der Waals surface area contributed by atoms with E-state index < -0.39 is 0 Å². The summed E-state index contributed by atoms with van der Waals surface area (Å²) < 4.78 is 2.41. The lowest BCUT2D eigenvalue weighted by molar-refractivity contribution is 0.362. The van der Waals surface area contributed by atoms with Gasteiger partial charge in [-0.1, -0.05) is 19.3 Å². The number of anilines is 1. The van der Waals surface area contributed by atoms with Gasteiger partial charge in [-0.2, -0.15) is 11.8 Å². The summed E-state index contributed by atoms with van der Waals surface area (Å²) in [5.74, 6) is 0.595. The number of pyridine rings is 1. The number of imidazole rings is 1. The predicted octanol–water partition coefficient (Wildman–Crippen LogP) is 3.39. The van der Waals surface area contributed by atoms with Gasteiger partial charge in [0.1, 0.15) is 5.52 Å². The minimum Gasteiger partial charge on any atom is -0.369 e. The Labute approximate surface area is 124 Å². The second-order valence-corrected chi connectivity index (χ2v) is 7.13. The van der Waals surface area contributed by atoms with Crippen molar-refractivity contribution >= 4 is 28.9 Å². The van der Waals surface area contributed by atoms with Crippen molar-refractivity contribution in [1.82, 2.24) is 14.5 Å². The third-order valence-corrected chi connectivity index (χ3v) is 5.80. The van der Waals surface area contributed by atoms with Gasteiger partial charge in [0.2, 0.25) is 5.95 Å². The van der Waals surface area contributed by atoms with E-state index in [0.717, 1.165) is 23.3 Å². The van der Waals surface area contributed by atoms with Crippen LogP contribution < -0.4 is 5.73 Å². The Hall–Kier alpha value is -1.23. The Morgan fingerprint density at radius 1 is 1.35 bits per heavy atom. The molecular formula is C15H22N4S. The molecule has 2 N–H and O–H groups in total. The summed E-state index contributed by atoms with van der Waals surface area (Å²) in [6.07, 6.45) is 10.6. The van der Waals surface area contributed by atoms with Gasteiger partial charge in [0.05, 0.1) is 0 Å². The standard InChI is InChI=1S/C15H22N4S/c1-11-8-12-13(17-9-11)19(14(16)18-12)10-15(20-2)6-4-3-5-7-15/h8-9H,3-7,10H2,1-2H3,(H2,16,18). The van der Waals surface area contributed by atoms with Crippen LogP contribution in [-0.2, 0) is 6.54 Å². The van der Waals surface area contributed by atoms with Crippen molar-refractivity contribution in [2.45, 2.75) is 50.3 Å². The highest BCUT2D eigenvalue weighted by molar-refractivity contribution is 8.00. The lowest BCUT2D eigenvalue weighted by Gasteiger charge is -2.36. The molecule has 0 aliphatic heterocycles. The number of thioether (sulfide) groups is 1. The van der Waals surface area contributed by atoms with Crippen LogP contribution >= 0.6 is 11.8 Å². The van der Waals surface area contributed by atoms with E-state index in [1.165, 1.54) is 32.1 Å². The number of nitrogen functional groups attached to an aromatic ring is 1. The van der Waals surface area contributed by atoms with Crippen LogP contribution in [0.25, 0.3) is 11.2 Å². The number of rotatable bonds is 3. The van der Waals surface area contributed by atoms with Crippen molar-refractivity contribution in [1.29, 1.82) is 0 Å². The number of aromatic nitrogens is 3. The highest BCUT2D eigenvalue weighted by Gasteiger charge is 2.32. The fourth-order valence-corrected chi connectivity index (χ4v) is 4.15. The van der Waals surface area contributed by atoms with Crippen LogP contribution in [-0.4, -0.2) is 25.5 Å². The summed E-state index contributed by atoms with van der Waals surface area (Å²) >= 11 is 1.98. The van der Waals surface area contributed by atoms with Crippen LogP contribution in [0.5, 0.6) is 0 Å². The zero-order valence-corrected chi connectivity index (χ0v) is 13.0. The maximum atomic E-state index is 6.14. The molecule has 108 valence electrons. The van der Waals surface area contributed by atoms with Crippen molar-refractivity contribution in [3.05, 3.63) is 17.8 Å². The zero-order valence-electron chi connectivity index (χ0n) is 12.2. The molecular weight excluding hydrogens is 268 g/mol. The largest absolute Gasteiger partial charge is 0.369 e. The van der Waals surface area contributed by atoms with Crippen LogP contribution in [0.2, 0.25) is 0 Å². The highest BCUT2D eigenvalue weighted by atomic mass is 32.2. The monoisotopic (exact) mass is 290 g/mol. The van der Waals surface area contributed by atoms with Gasteiger partial charge < -0.3 is 5.73 Å². The fraction of sp³-hybridized carbons (Fsp3) is 0.600. The Balaban J connectivity index is 1.99. The predicted molar refractivity (Wildman–Crippen MR) is 86.0 cm³/mol. The second kappa shape index (κ2) is 5.28. The molecule has 2 aromatic heterocycles. The molecule has 0 radical (unpaired) electrons. The molecule has 0 bridgehead atoms. The fourth-order valence-electron chi connectivity index (χ4n) is 3.20. The van der Waals surface area contributed by atoms with E-state index in [2.05, 4.69) is 26.9 Å². The first kappa shape index (κ1) is 13.7. The summed E-state index contributed by atoms with van der Waals surface area (Å²) in [5, 5.41) is 0. The number of hydrogen-bond acceptors (Lipinski definition) is 4. The number of hydrogen-bond donors (Lipinski definition) is 1. The topological polar surface area (TPSA) is 56.7 Å². The molecule has 0 saturated heterocycles. The lowest BCUT2D eigenvalue weighted by atomic mass is 9.88. The normalized spacial score (nSPS) is 18.5. The Kier molecular flexibility index (Phi) is 3.63. The molecule has 0 amide bonds. The molecule has 2 aromatic rings. The molecule has 0 spiro atoms. The number of nitrogens with two attached hydrogens (primary N) is 1. The third-order valence-electron chi connectivity index (χ3n) is 4.40. The average Bonchev–Trinajstić information content (AvgIpc) is 2.75. The van der Waals surface area contributed by atoms with Gasteiger partial charge in [-0.15, -0.1) is 0 Å². The number of aryl methyl sites for hydroxylation is 1. The first-order valence-electron chi connectivity index (χ1n) is 7.27. The SMILES string of the molecule is CSC1(Cn2c(N)nc3cc(C)cnc32)CCCCC1. The average molecular weight is 290 g/mol. The van der Waals surface area contributed by atoms with Crippen molar-refractivity contribution in [3.63, 3.8) is 0 Å². The van der Waals surface area contributed by atoms with Crippen molar-refractivity contribution < 1.29 is 0 Å². The molecule has 20 heavy (non-hydrogen) atoms. The molecule has 1 saturated carbocycles. The molecule has 3 rings (SSSR count). The third kappa shape index (κ3) is 2.39. The first-order valence-corrected chi connectivity index (χ1v) is 8.49. The molecule has 1 fully saturated rings. The molecule has 0 aromatic carbocycles. The van der Waals surface area contributed by atoms with Crippen LogP contribution in [0, 0.1) is 6.92 Å². The lowest BCUT2D eigenvalue weighted by Crippen LogP contribution is -2.33. The van der Waals surface area contributed by atoms with Gasteiger partial charge in [0.15, 0.2) is 5.65 Å². The maximum Gasteiger partial charge on any atom is 0.202 e. The molecule has 5 heteroatoms. The Bertz CT molecular complexity index is 614. The van der Waals surface area contributed by atoms with Crippen LogP contribution in [0.4, 0.5) is 5.95 Å². The van der Waals surface area contributed by atoms with E-state index in [9.17, 15) is 0 Å². The van der Waals surface area contributed by atoms with Crippen LogP contribution in [0.15, 0.2) is 12.3 Å². The van der Waals surface area contributed by atoms with Crippen molar-refractivity contribution in [2.75, 3.05) is 12.0 Å².